The molecule has 1 aromatic carbocycles. The number of benzene rings is 1. The average Bonchev–Trinajstić information content (AvgIpc) is 2.84. The second kappa shape index (κ2) is 5.99. The SMILES string of the molecule is C=C(C)C(=O)N1c2ccc(OC)cc2CC1C(=O)OCC. The molecule has 0 fully saturated rings. The van der Waals surface area contributed by atoms with Crippen LogP contribution in [0.3, 0.4) is 0 Å². The van der Waals surface area contributed by atoms with Gasteiger partial charge in [-0.1, -0.05) is 6.58 Å². The fraction of sp³-hybridized carbons (Fsp3) is 0.375. The molecule has 112 valence electrons. The first-order chi connectivity index (χ1) is 9.99. The van der Waals surface area contributed by atoms with Crippen LogP contribution >= 0.6 is 0 Å². The Morgan fingerprint density at radius 2 is 2.14 bits per heavy atom. The van der Waals surface area contributed by atoms with Gasteiger partial charge in [0, 0.05) is 17.7 Å². The van der Waals surface area contributed by atoms with E-state index in [4.69, 9.17) is 9.47 Å². The number of fused-ring (bicyclic) bond motifs is 1. The largest absolute Gasteiger partial charge is 0.497 e. The van der Waals surface area contributed by atoms with Gasteiger partial charge >= 0.3 is 5.97 Å². The zero-order valence-electron chi connectivity index (χ0n) is 12.5. The third kappa shape index (κ3) is 2.77. The molecule has 21 heavy (non-hydrogen) atoms. The van der Waals surface area contributed by atoms with Crippen LogP contribution in [-0.2, 0) is 20.7 Å². The standard InChI is InChI=1S/C16H19NO4/c1-5-21-16(19)14-9-11-8-12(20-4)6-7-13(11)17(14)15(18)10(2)3/h6-8,14H,2,5,9H2,1,3-4H3. The van der Waals surface area contributed by atoms with E-state index >= 15 is 0 Å². The summed E-state index contributed by atoms with van der Waals surface area (Å²) < 4.78 is 10.3. The third-order valence-electron chi connectivity index (χ3n) is 3.41. The van der Waals surface area contributed by atoms with Gasteiger partial charge in [-0.3, -0.25) is 9.69 Å². The van der Waals surface area contributed by atoms with Crippen LogP contribution in [0.2, 0.25) is 0 Å². The molecular formula is C16H19NO4. The van der Waals surface area contributed by atoms with Crippen LogP contribution in [0.15, 0.2) is 30.4 Å². The number of anilines is 1. The molecule has 1 atom stereocenters. The van der Waals surface area contributed by atoms with Gasteiger partial charge in [0.15, 0.2) is 0 Å². The van der Waals surface area contributed by atoms with Crippen molar-refractivity contribution in [2.75, 3.05) is 18.6 Å². The van der Waals surface area contributed by atoms with Crippen molar-refractivity contribution in [2.24, 2.45) is 0 Å². The van der Waals surface area contributed by atoms with E-state index in [1.807, 2.05) is 6.07 Å². The summed E-state index contributed by atoms with van der Waals surface area (Å²) in [5.41, 5.74) is 1.98. The molecule has 5 nitrogen and oxygen atoms in total. The van der Waals surface area contributed by atoms with Crippen molar-refractivity contribution in [3.63, 3.8) is 0 Å². The van der Waals surface area contributed by atoms with E-state index in [0.717, 1.165) is 5.56 Å². The average molecular weight is 289 g/mol. The highest BCUT2D eigenvalue weighted by Crippen LogP contribution is 2.36. The Kier molecular flexibility index (Phi) is 4.31. The molecule has 1 unspecified atom stereocenters. The molecule has 5 heteroatoms. The van der Waals surface area contributed by atoms with E-state index in [2.05, 4.69) is 6.58 Å². The molecule has 0 radical (unpaired) electrons. The van der Waals surface area contributed by atoms with Crippen molar-refractivity contribution in [1.82, 2.24) is 0 Å². The lowest BCUT2D eigenvalue weighted by atomic mass is 10.1. The van der Waals surface area contributed by atoms with E-state index in [9.17, 15) is 9.59 Å². The summed E-state index contributed by atoms with van der Waals surface area (Å²) in [6.07, 6.45) is 0.421. The summed E-state index contributed by atoms with van der Waals surface area (Å²) in [5, 5.41) is 0. The maximum atomic E-state index is 12.4. The van der Waals surface area contributed by atoms with Crippen LogP contribution in [-0.4, -0.2) is 31.6 Å². The van der Waals surface area contributed by atoms with Gasteiger partial charge < -0.3 is 9.47 Å². The topological polar surface area (TPSA) is 55.8 Å². The minimum Gasteiger partial charge on any atom is -0.497 e. The summed E-state index contributed by atoms with van der Waals surface area (Å²) in [7, 11) is 1.58. The molecule has 0 aliphatic carbocycles. The van der Waals surface area contributed by atoms with Crippen LogP contribution in [0.5, 0.6) is 5.75 Å². The van der Waals surface area contributed by atoms with Crippen molar-refractivity contribution in [1.29, 1.82) is 0 Å². The second-order valence-corrected chi connectivity index (χ2v) is 4.92. The van der Waals surface area contributed by atoms with Crippen LogP contribution in [0, 0.1) is 0 Å². The van der Waals surface area contributed by atoms with Gasteiger partial charge in [-0.2, -0.15) is 0 Å². The Bertz CT molecular complexity index is 594. The minimum absolute atomic E-state index is 0.267. The van der Waals surface area contributed by atoms with Crippen LogP contribution in [0.1, 0.15) is 19.4 Å². The molecule has 0 spiro atoms. The van der Waals surface area contributed by atoms with Gasteiger partial charge in [-0.25, -0.2) is 4.79 Å². The van der Waals surface area contributed by atoms with Gasteiger partial charge in [-0.15, -0.1) is 0 Å². The lowest BCUT2D eigenvalue weighted by molar-refractivity contribution is -0.145. The van der Waals surface area contributed by atoms with E-state index in [1.165, 1.54) is 4.90 Å². The third-order valence-corrected chi connectivity index (χ3v) is 3.41. The number of carbonyl (C=O) groups is 2. The molecule has 1 heterocycles. The zero-order chi connectivity index (χ0) is 15.6. The predicted octanol–water partition coefficient (Wildman–Crippen LogP) is 2.09. The quantitative estimate of drug-likeness (QED) is 0.629. The van der Waals surface area contributed by atoms with Crippen molar-refractivity contribution < 1.29 is 19.1 Å². The molecule has 0 saturated heterocycles. The number of amides is 1. The maximum Gasteiger partial charge on any atom is 0.329 e. The minimum atomic E-state index is -0.642. The highest BCUT2D eigenvalue weighted by Gasteiger charge is 2.39. The van der Waals surface area contributed by atoms with Gasteiger partial charge in [-0.05, 0) is 37.6 Å². The predicted molar refractivity (Wildman–Crippen MR) is 79.4 cm³/mol. The summed E-state index contributed by atoms with van der Waals surface area (Å²) >= 11 is 0. The number of ether oxygens (including phenoxy) is 2. The van der Waals surface area contributed by atoms with Crippen LogP contribution < -0.4 is 9.64 Å². The lowest BCUT2D eigenvalue weighted by Crippen LogP contribution is -2.44. The monoisotopic (exact) mass is 289 g/mol. The molecule has 1 amide bonds. The number of hydrogen-bond acceptors (Lipinski definition) is 4. The Morgan fingerprint density at radius 3 is 2.71 bits per heavy atom. The second-order valence-electron chi connectivity index (χ2n) is 4.92. The summed E-state index contributed by atoms with van der Waals surface area (Å²) in [4.78, 5) is 26.0. The fourth-order valence-corrected chi connectivity index (χ4v) is 2.44. The number of hydrogen-bond donors (Lipinski definition) is 0. The highest BCUT2D eigenvalue weighted by atomic mass is 16.5. The normalized spacial score (nSPS) is 16.3. The molecule has 1 aromatic rings. The maximum absolute atomic E-state index is 12.4. The molecule has 0 bridgehead atoms. The van der Waals surface area contributed by atoms with Crippen LogP contribution in [0.4, 0.5) is 5.69 Å². The van der Waals surface area contributed by atoms with E-state index in [1.54, 1.807) is 33.1 Å². The summed E-state index contributed by atoms with van der Waals surface area (Å²) in [6, 6.07) is 4.75. The number of methoxy groups -OCH3 is 1. The molecular weight excluding hydrogens is 270 g/mol. The summed E-state index contributed by atoms with van der Waals surface area (Å²) in [5.74, 6) is 0.0280. The first-order valence-electron chi connectivity index (χ1n) is 6.82. The Hall–Kier alpha value is -2.30. The van der Waals surface area contributed by atoms with Crippen molar-refractivity contribution >= 4 is 17.6 Å². The van der Waals surface area contributed by atoms with Crippen LogP contribution in [0.25, 0.3) is 0 Å². The Balaban J connectivity index is 2.42. The van der Waals surface area contributed by atoms with Gasteiger partial charge in [0.25, 0.3) is 5.91 Å². The number of nitrogens with zero attached hydrogens (tertiary/aromatic N) is 1. The molecule has 1 aliphatic heterocycles. The number of rotatable bonds is 4. The van der Waals surface area contributed by atoms with Gasteiger partial charge in [0.2, 0.25) is 0 Å². The number of carbonyl (C=O) groups excluding carboxylic acids is 2. The smallest absolute Gasteiger partial charge is 0.329 e. The fourth-order valence-electron chi connectivity index (χ4n) is 2.44. The summed E-state index contributed by atoms with van der Waals surface area (Å²) in [6.45, 7) is 7.33. The molecule has 0 aromatic heterocycles. The van der Waals surface area contributed by atoms with E-state index in [0.29, 0.717) is 23.4 Å². The highest BCUT2D eigenvalue weighted by molar-refractivity contribution is 6.10. The Morgan fingerprint density at radius 1 is 1.43 bits per heavy atom. The first kappa shape index (κ1) is 15.1. The Labute approximate surface area is 124 Å². The van der Waals surface area contributed by atoms with E-state index in [-0.39, 0.29) is 12.5 Å². The molecule has 2 rings (SSSR count). The lowest BCUT2D eigenvalue weighted by Gasteiger charge is -2.24. The van der Waals surface area contributed by atoms with Gasteiger partial charge in [0.05, 0.1) is 13.7 Å². The number of esters is 1. The van der Waals surface area contributed by atoms with Crippen molar-refractivity contribution in [3.8, 4) is 5.75 Å². The van der Waals surface area contributed by atoms with Crippen molar-refractivity contribution in [3.05, 3.63) is 35.9 Å². The van der Waals surface area contributed by atoms with Gasteiger partial charge in [0.1, 0.15) is 11.8 Å². The zero-order valence-corrected chi connectivity index (χ0v) is 12.5. The first-order valence-corrected chi connectivity index (χ1v) is 6.82. The molecule has 0 N–H and O–H groups in total. The van der Waals surface area contributed by atoms with E-state index < -0.39 is 12.0 Å². The molecule has 0 saturated carbocycles. The molecule has 1 aliphatic rings. The van der Waals surface area contributed by atoms with Crippen molar-refractivity contribution in [2.45, 2.75) is 26.3 Å².